The molecule has 1 aromatic rings. The molecule has 3 rings (SSSR count). The van der Waals surface area contributed by atoms with Crippen LogP contribution in [0.25, 0.3) is 0 Å². The van der Waals surface area contributed by atoms with Gasteiger partial charge in [-0.25, -0.2) is 9.18 Å². The minimum Gasteiger partial charge on any atom is -0.438 e. The van der Waals surface area contributed by atoms with E-state index in [1.807, 2.05) is 7.05 Å². The van der Waals surface area contributed by atoms with E-state index in [4.69, 9.17) is 4.74 Å². The fourth-order valence-corrected chi connectivity index (χ4v) is 2.72. The monoisotopic (exact) mass is 250 g/mol. The van der Waals surface area contributed by atoms with Crippen LogP contribution in [-0.4, -0.2) is 31.1 Å². The van der Waals surface area contributed by atoms with Crippen molar-refractivity contribution >= 4 is 11.8 Å². The van der Waals surface area contributed by atoms with E-state index in [9.17, 15) is 9.18 Å². The van der Waals surface area contributed by atoms with E-state index in [0.717, 1.165) is 18.7 Å². The van der Waals surface area contributed by atoms with Crippen molar-refractivity contribution in [2.45, 2.75) is 18.4 Å². The van der Waals surface area contributed by atoms with E-state index in [-0.39, 0.29) is 5.82 Å². The van der Waals surface area contributed by atoms with Gasteiger partial charge in [-0.05, 0) is 25.2 Å². The molecule has 96 valence electrons. The van der Waals surface area contributed by atoms with Gasteiger partial charge in [-0.2, -0.15) is 0 Å². The van der Waals surface area contributed by atoms with Gasteiger partial charge in [0.2, 0.25) is 0 Å². The summed E-state index contributed by atoms with van der Waals surface area (Å²) >= 11 is 0. The summed E-state index contributed by atoms with van der Waals surface area (Å²) in [6, 6.07) is 4.43. The van der Waals surface area contributed by atoms with Crippen LogP contribution in [-0.2, 0) is 10.3 Å². The first-order valence-electron chi connectivity index (χ1n) is 6.08. The first-order chi connectivity index (χ1) is 8.59. The minimum absolute atomic E-state index is 0.299. The normalized spacial score (nSPS) is 22.2. The van der Waals surface area contributed by atoms with Crippen molar-refractivity contribution in [2.24, 2.45) is 0 Å². The molecule has 0 radical (unpaired) electrons. The molecule has 0 saturated carbocycles. The summed E-state index contributed by atoms with van der Waals surface area (Å²) in [5, 5.41) is 2.63. The number of piperidine rings is 1. The van der Waals surface area contributed by atoms with Crippen LogP contribution in [0, 0.1) is 5.82 Å². The highest BCUT2D eigenvalue weighted by molar-refractivity contribution is 5.88. The molecule has 1 aromatic carbocycles. The van der Waals surface area contributed by atoms with E-state index in [0.29, 0.717) is 18.5 Å². The molecule has 0 unspecified atom stereocenters. The molecule has 0 atom stereocenters. The summed E-state index contributed by atoms with van der Waals surface area (Å²) in [4.78, 5) is 13.8. The molecule has 0 bridgehead atoms. The number of carbonyl (C=O) groups excluding carboxylic acids is 1. The number of hydrogen-bond donors (Lipinski definition) is 1. The predicted molar refractivity (Wildman–Crippen MR) is 64.9 cm³/mol. The van der Waals surface area contributed by atoms with Crippen LogP contribution in [0.2, 0.25) is 0 Å². The zero-order valence-corrected chi connectivity index (χ0v) is 10.2. The van der Waals surface area contributed by atoms with Crippen LogP contribution in [0.5, 0.6) is 0 Å². The summed E-state index contributed by atoms with van der Waals surface area (Å²) in [6.45, 7) is 1.67. The Morgan fingerprint density at radius 2 is 2.11 bits per heavy atom. The van der Waals surface area contributed by atoms with E-state index in [1.165, 1.54) is 12.1 Å². The molecule has 5 heteroatoms. The Bertz CT molecular complexity index is 496. The van der Waals surface area contributed by atoms with Gasteiger partial charge in [0.05, 0.1) is 5.69 Å². The van der Waals surface area contributed by atoms with Crippen LogP contribution in [0.3, 0.4) is 0 Å². The number of hydrogen-bond acceptors (Lipinski definition) is 3. The third-order valence-electron chi connectivity index (χ3n) is 3.79. The molecule has 1 fully saturated rings. The van der Waals surface area contributed by atoms with Gasteiger partial charge in [0, 0.05) is 31.5 Å². The molecule has 2 aliphatic heterocycles. The maximum atomic E-state index is 13.4. The molecule has 2 heterocycles. The number of likely N-dealkylation sites (tertiary alicyclic amines) is 1. The number of ether oxygens (including phenoxy) is 1. The van der Waals surface area contributed by atoms with Gasteiger partial charge in [-0.3, -0.25) is 5.32 Å². The smallest absolute Gasteiger partial charge is 0.412 e. The molecule has 18 heavy (non-hydrogen) atoms. The zero-order chi connectivity index (χ0) is 12.8. The van der Waals surface area contributed by atoms with Crippen molar-refractivity contribution in [3.63, 3.8) is 0 Å². The lowest BCUT2D eigenvalue weighted by Crippen LogP contribution is -2.47. The number of carbonyl (C=O) groups is 1. The second kappa shape index (κ2) is 3.95. The molecule has 0 aliphatic carbocycles. The number of anilines is 1. The van der Waals surface area contributed by atoms with Gasteiger partial charge >= 0.3 is 6.09 Å². The SMILES string of the molecule is CN1CCC2(CC1)OC(=O)Nc1ccc(F)cc12. The van der Waals surface area contributed by atoms with Crippen molar-refractivity contribution in [1.82, 2.24) is 4.90 Å². The molecule has 4 nitrogen and oxygen atoms in total. The first-order valence-corrected chi connectivity index (χ1v) is 6.08. The van der Waals surface area contributed by atoms with E-state index >= 15 is 0 Å². The van der Waals surface area contributed by atoms with Crippen LogP contribution in [0.15, 0.2) is 18.2 Å². The number of nitrogens with zero attached hydrogens (tertiary/aromatic N) is 1. The number of rotatable bonds is 0. The van der Waals surface area contributed by atoms with Crippen molar-refractivity contribution in [2.75, 3.05) is 25.5 Å². The lowest BCUT2D eigenvalue weighted by atomic mass is 9.82. The number of fused-ring (bicyclic) bond motifs is 2. The lowest BCUT2D eigenvalue weighted by Gasteiger charge is -2.43. The number of nitrogens with one attached hydrogen (secondary N) is 1. The number of amides is 1. The highest BCUT2D eigenvalue weighted by atomic mass is 19.1. The molecule has 1 amide bonds. The van der Waals surface area contributed by atoms with E-state index in [1.54, 1.807) is 6.07 Å². The molecule has 2 aliphatic rings. The molecule has 1 saturated heterocycles. The van der Waals surface area contributed by atoms with Gasteiger partial charge in [0.15, 0.2) is 0 Å². The van der Waals surface area contributed by atoms with Crippen LogP contribution < -0.4 is 5.32 Å². The molecule has 1 spiro atoms. The highest BCUT2D eigenvalue weighted by Gasteiger charge is 2.44. The summed E-state index contributed by atoms with van der Waals surface area (Å²) in [7, 11) is 2.03. The Balaban J connectivity index is 2.06. The Labute approximate surface area is 105 Å². The molecular weight excluding hydrogens is 235 g/mol. The summed E-state index contributed by atoms with van der Waals surface area (Å²) in [5.74, 6) is -0.299. The van der Waals surface area contributed by atoms with Crippen LogP contribution >= 0.6 is 0 Å². The molecule has 1 N–H and O–H groups in total. The number of benzene rings is 1. The largest absolute Gasteiger partial charge is 0.438 e. The average Bonchev–Trinajstić information content (AvgIpc) is 2.34. The lowest BCUT2D eigenvalue weighted by molar-refractivity contribution is -0.0335. The van der Waals surface area contributed by atoms with Crippen molar-refractivity contribution < 1.29 is 13.9 Å². The van der Waals surface area contributed by atoms with Gasteiger partial charge in [-0.15, -0.1) is 0 Å². The fraction of sp³-hybridized carbons (Fsp3) is 0.462. The zero-order valence-electron chi connectivity index (χ0n) is 10.2. The third kappa shape index (κ3) is 1.75. The van der Waals surface area contributed by atoms with Crippen molar-refractivity contribution in [3.05, 3.63) is 29.6 Å². The predicted octanol–water partition coefficient (Wildman–Crippen LogP) is 2.31. The maximum absolute atomic E-state index is 13.4. The number of halogens is 1. The standard InChI is InChI=1S/C13H15FN2O2/c1-16-6-4-13(5-7-16)10-8-9(14)2-3-11(10)15-12(17)18-13/h2-3,8H,4-7H2,1H3,(H,15,17). The topological polar surface area (TPSA) is 41.6 Å². The Kier molecular flexibility index (Phi) is 2.52. The summed E-state index contributed by atoms with van der Waals surface area (Å²) in [5.41, 5.74) is 0.763. The average molecular weight is 250 g/mol. The highest BCUT2D eigenvalue weighted by Crippen LogP contribution is 2.43. The Morgan fingerprint density at radius 3 is 2.83 bits per heavy atom. The molecular formula is C13H15FN2O2. The van der Waals surface area contributed by atoms with Crippen molar-refractivity contribution in [3.8, 4) is 0 Å². The van der Waals surface area contributed by atoms with Crippen LogP contribution in [0.4, 0.5) is 14.9 Å². The minimum atomic E-state index is -0.660. The fourth-order valence-electron chi connectivity index (χ4n) is 2.72. The second-order valence-corrected chi connectivity index (χ2v) is 5.00. The first kappa shape index (κ1) is 11.5. The van der Waals surface area contributed by atoms with Crippen LogP contribution in [0.1, 0.15) is 18.4 Å². The molecule has 0 aromatic heterocycles. The quantitative estimate of drug-likeness (QED) is 0.768. The Hall–Kier alpha value is -1.62. The van der Waals surface area contributed by atoms with Gasteiger partial charge in [0.25, 0.3) is 0 Å². The van der Waals surface area contributed by atoms with E-state index < -0.39 is 11.7 Å². The Morgan fingerprint density at radius 1 is 1.39 bits per heavy atom. The van der Waals surface area contributed by atoms with Gasteiger partial charge in [-0.1, -0.05) is 0 Å². The van der Waals surface area contributed by atoms with E-state index in [2.05, 4.69) is 10.2 Å². The van der Waals surface area contributed by atoms with Crippen molar-refractivity contribution in [1.29, 1.82) is 0 Å². The maximum Gasteiger partial charge on any atom is 0.412 e. The summed E-state index contributed by atoms with van der Waals surface area (Å²) < 4.78 is 18.9. The van der Waals surface area contributed by atoms with Gasteiger partial charge in [0.1, 0.15) is 11.4 Å². The second-order valence-electron chi connectivity index (χ2n) is 5.00. The van der Waals surface area contributed by atoms with Gasteiger partial charge < -0.3 is 9.64 Å². The summed E-state index contributed by atoms with van der Waals surface area (Å²) in [6.07, 6.45) is 0.958. The third-order valence-corrected chi connectivity index (χ3v) is 3.79.